The third-order valence-corrected chi connectivity index (χ3v) is 4.77. The summed E-state index contributed by atoms with van der Waals surface area (Å²) in [5, 5.41) is 4.66. The van der Waals surface area contributed by atoms with Crippen molar-refractivity contribution in [2.45, 2.75) is 44.2 Å². The highest BCUT2D eigenvalue weighted by molar-refractivity contribution is 6.30. The molecule has 2 nitrogen and oxygen atoms in total. The first-order valence-corrected chi connectivity index (χ1v) is 7.85. The van der Waals surface area contributed by atoms with E-state index in [1.807, 2.05) is 6.07 Å². The summed E-state index contributed by atoms with van der Waals surface area (Å²) in [5.74, 6) is 0. The molecule has 0 radical (unpaired) electrons. The summed E-state index contributed by atoms with van der Waals surface area (Å²) >= 11 is 6.08. The minimum atomic E-state index is 0.398. The van der Waals surface area contributed by atoms with Gasteiger partial charge in [-0.1, -0.05) is 36.6 Å². The predicted molar refractivity (Wildman–Crippen MR) is 80.5 cm³/mol. The third-order valence-electron chi connectivity index (χ3n) is 4.53. The Hall–Kier alpha value is -0.570. The fourth-order valence-electron chi connectivity index (χ4n) is 3.63. The van der Waals surface area contributed by atoms with E-state index in [1.54, 1.807) is 0 Å². The van der Waals surface area contributed by atoms with E-state index in [9.17, 15) is 0 Å². The number of nitrogens with one attached hydrogen (secondary N) is 1. The molecule has 0 atom stereocenters. The summed E-state index contributed by atoms with van der Waals surface area (Å²) in [6.45, 7) is 4.59. The van der Waals surface area contributed by atoms with Gasteiger partial charge in [0.1, 0.15) is 0 Å². The van der Waals surface area contributed by atoms with Gasteiger partial charge in [-0.2, -0.15) is 0 Å². The van der Waals surface area contributed by atoms with E-state index >= 15 is 0 Å². The van der Waals surface area contributed by atoms with Crippen LogP contribution in [0.5, 0.6) is 0 Å². The Morgan fingerprint density at radius 3 is 2.84 bits per heavy atom. The summed E-state index contributed by atoms with van der Waals surface area (Å²) in [4.78, 5) is 2.61. The average molecular weight is 279 g/mol. The van der Waals surface area contributed by atoms with Crippen LogP contribution in [0.15, 0.2) is 24.3 Å². The van der Waals surface area contributed by atoms with E-state index in [-0.39, 0.29) is 0 Å². The lowest BCUT2D eigenvalue weighted by atomic mass is 9.97. The number of halogens is 1. The van der Waals surface area contributed by atoms with Gasteiger partial charge in [0, 0.05) is 23.7 Å². The lowest BCUT2D eigenvalue weighted by molar-refractivity contribution is 0.203. The largest absolute Gasteiger partial charge is 0.310 e. The zero-order valence-electron chi connectivity index (χ0n) is 11.5. The molecule has 3 heteroatoms. The molecule has 19 heavy (non-hydrogen) atoms. The lowest BCUT2D eigenvalue weighted by Gasteiger charge is -2.33. The van der Waals surface area contributed by atoms with Gasteiger partial charge < -0.3 is 5.32 Å². The van der Waals surface area contributed by atoms with Gasteiger partial charge >= 0.3 is 0 Å². The van der Waals surface area contributed by atoms with Crippen molar-refractivity contribution < 1.29 is 0 Å². The van der Waals surface area contributed by atoms with E-state index in [0.29, 0.717) is 5.54 Å². The maximum atomic E-state index is 6.08. The number of hydrogen-bond donors (Lipinski definition) is 1. The van der Waals surface area contributed by atoms with Gasteiger partial charge in [-0.05, 0) is 50.0 Å². The Morgan fingerprint density at radius 2 is 2.05 bits per heavy atom. The van der Waals surface area contributed by atoms with Crippen LogP contribution in [0.1, 0.15) is 37.7 Å². The fraction of sp³-hybridized carbons (Fsp3) is 0.625. The molecular weight excluding hydrogens is 256 g/mol. The molecule has 0 bridgehead atoms. The van der Waals surface area contributed by atoms with Crippen molar-refractivity contribution in [3.8, 4) is 0 Å². The van der Waals surface area contributed by atoms with Crippen LogP contribution in [-0.2, 0) is 6.54 Å². The van der Waals surface area contributed by atoms with E-state index < -0.39 is 0 Å². The molecular formula is C16H23ClN2. The molecule has 0 amide bonds. The van der Waals surface area contributed by atoms with Gasteiger partial charge in [-0.25, -0.2) is 0 Å². The molecule has 1 aliphatic heterocycles. The lowest BCUT2D eigenvalue weighted by Crippen LogP contribution is -2.49. The Labute approximate surface area is 121 Å². The SMILES string of the molecule is Clc1cccc(CN2CCCNC3(CCCC3)C2)c1. The highest BCUT2D eigenvalue weighted by Gasteiger charge is 2.36. The molecule has 1 aromatic carbocycles. The second kappa shape index (κ2) is 5.82. The van der Waals surface area contributed by atoms with Crippen LogP contribution >= 0.6 is 11.6 Å². The molecule has 1 saturated carbocycles. The van der Waals surface area contributed by atoms with Gasteiger partial charge in [-0.15, -0.1) is 0 Å². The molecule has 1 saturated heterocycles. The molecule has 0 aromatic heterocycles. The van der Waals surface area contributed by atoms with Crippen LogP contribution in [0.4, 0.5) is 0 Å². The van der Waals surface area contributed by atoms with Crippen LogP contribution in [0, 0.1) is 0 Å². The van der Waals surface area contributed by atoms with Crippen LogP contribution in [-0.4, -0.2) is 30.1 Å². The molecule has 1 heterocycles. The van der Waals surface area contributed by atoms with Gasteiger partial charge in [-0.3, -0.25) is 4.90 Å². The number of benzene rings is 1. The normalized spacial score (nSPS) is 23.6. The first-order chi connectivity index (χ1) is 9.26. The first kappa shape index (κ1) is 13.4. The number of nitrogens with zero attached hydrogens (tertiary/aromatic N) is 1. The molecule has 1 spiro atoms. The number of rotatable bonds is 2. The molecule has 1 aliphatic carbocycles. The number of hydrogen-bond acceptors (Lipinski definition) is 2. The minimum Gasteiger partial charge on any atom is -0.310 e. The fourth-order valence-corrected chi connectivity index (χ4v) is 3.85. The Balaban J connectivity index is 1.69. The highest BCUT2D eigenvalue weighted by Crippen LogP contribution is 2.32. The molecule has 2 fully saturated rings. The third kappa shape index (κ3) is 3.31. The molecule has 104 valence electrons. The zero-order valence-corrected chi connectivity index (χ0v) is 12.3. The second-order valence-electron chi connectivity index (χ2n) is 6.11. The van der Waals surface area contributed by atoms with Gasteiger partial charge in [0.25, 0.3) is 0 Å². The molecule has 0 unspecified atom stereocenters. The summed E-state index contributed by atoms with van der Waals surface area (Å²) < 4.78 is 0. The van der Waals surface area contributed by atoms with Crippen molar-refractivity contribution in [1.29, 1.82) is 0 Å². The smallest absolute Gasteiger partial charge is 0.0409 e. The van der Waals surface area contributed by atoms with Gasteiger partial charge in [0.2, 0.25) is 0 Å². The Bertz CT molecular complexity index is 427. The van der Waals surface area contributed by atoms with Crippen LogP contribution in [0.2, 0.25) is 5.02 Å². The van der Waals surface area contributed by atoms with E-state index in [0.717, 1.165) is 11.6 Å². The molecule has 3 rings (SSSR count). The van der Waals surface area contributed by atoms with Crippen LogP contribution < -0.4 is 5.32 Å². The van der Waals surface area contributed by atoms with Crippen molar-refractivity contribution in [2.75, 3.05) is 19.6 Å². The second-order valence-corrected chi connectivity index (χ2v) is 6.54. The molecule has 2 aliphatic rings. The summed E-state index contributed by atoms with van der Waals surface area (Å²) in [5.41, 5.74) is 1.73. The zero-order chi connectivity index (χ0) is 13.1. The summed E-state index contributed by atoms with van der Waals surface area (Å²) in [6.07, 6.45) is 6.72. The van der Waals surface area contributed by atoms with Gasteiger partial charge in [0.05, 0.1) is 0 Å². The quantitative estimate of drug-likeness (QED) is 0.891. The minimum absolute atomic E-state index is 0.398. The summed E-state index contributed by atoms with van der Waals surface area (Å²) in [6, 6.07) is 8.29. The van der Waals surface area contributed by atoms with Crippen molar-refractivity contribution >= 4 is 11.6 Å². The summed E-state index contributed by atoms with van der Waals surface area (Å²) in [7, 11) is 0. The maximum absolute atomic E-state index is 6.08. The van der Waals surface area contributed by atoms with Crippen LogP contribution in [0.3, 0.4) is 0 Å². The predicted octanol–water partition coefficient (Wildman–Crippen LogP) is 3.45. The Morgan fingerprint density at radius 1 is 1.21 bits per heavy atom. The van der Waals surface area contributed by atoms with Crippen molar-refractivity contribution in [3.05, 3.63) is 34.9 Å². The monoisotopic (exact) mass is 278 g/mol. The van der Waals surface area contributed by atoms with E-state index in [4.69, 9.17) is 11.6 Å². The van der Waals surface area contributed by atoms with Crippen molar-refractivity contribution in [3.63, 3.8) is 0 Å². The average Bonchev–Trinajstić information content (AvgIpc) is 2.73. The van der Waals surface area contributed by atoms with E-state index in [1.165, 1.54) is 57.3 Å². The van der Waals surface area contributed by atoms with Crippen molar-refractivity contribution in [2.24, 2.45) is 0 Å². The van der Waals surface area contributed by atoms with Crippen molar-refractivity contribution in [1.82, 2.24) is 10.2 Å². The maximum Gasteiger partial charge on any atom is 0.0409 e. The molecule has 1 N–H and O–H groups in total. The Kier molecular flexibility index (Phi) is 4.11. The topological polar surface area (TPSA) is 15.3 Å². The van der Waals surface area contributed by atoms with E-state index in [2.05, 4.69) is 28.4 Å². The standard InChI is InChI=1S/C16H23ClN2/c17-15-6-3-5-14(11-15)12-19-10-4-9-18-16(13-19)7-1-2-8-16/h3,5-6,11,18H,1-2,4,7-10,12-13H2. The first-order valence-electron chi connectivity index (χ1n) is 7.48. The highest BCUT2D eigenvalue weighted by atomic mass is 35.5. The van der Waals surface area contributed by atoms with Gasteiger partial charge in [0.15, 0.2) is 0 Å². The van der Waals surface area contributed by atoms with Crippen LogP contribution in [0.25, 0.3) is 0 Å². The molecule has 1 aromatic rings.